The summed E-state index contributed by atoms with van der Waals surface area (Å²) in [6.07, 6.45) is 3.67. The summed E-state index contributed by atoms with van der Waals surface area (Å²) in [4.78, 5) is 35.4. The van der Waals surface area contributed by atoms with Gasteiger partial charge < -0.3 is 20.1 Å². The Hall–Kier alpha value is -3.82. The first-order valence-electron chi connectivity index (χ1n) is 12.8. The quantitative estimate of drug-likeness (QED) is 0.570. The standard InChI is InChI=1S/C28H28F2N4O4/c1-14-11-31-15(2)23(14)21-6-3-16(12-32-21)33-26(35)25(34-27(36)38-17-4-5-17)24-18-9-19(29)20(30)10-22(18)37-13-28(24)7-8-28/h3,6,9-10,12,17,24-25H,4-5,7-8,11,13H2,1-2H3,(H,33,35)(H,34,36)/t24?,25-/m0/s1. The van der Waals surface area contributed by atoms with E-state index in [1.165, 1.54) is 0 Å². The number of pyridine rings is 1. The van der Waals surface area contributed by atoms with Crippen LogP contribution in [0.1, 0.15) is 56.7 Å². The summed E-state index contributed by atoms with van der Waals surface area (Å²) in [6, 6.07) is 4.52. The minimum Gasteiger partial charge on any atom is -0.493 e. The number of benzene rings is 1. The Bertz CT molecular complexity index is 1380. The lowest BCUT2D eigenvalue weighted by Gasteiger charge is -2.38. The third-order valence-electron chi connectivity index (χ3n) is 7.77. The fourth-order valence-electron chi connectivity index (χ4n) is 5.44. The number of carbonyl (C=O) groups excluding carboxylic acids is 2. The summed E-state index contributed by atoms with van der Waals surface area (Å²) >= 11 is 0. The molecule has 1 aromatic heterocycles. The van der Waals surface area contributed by atoms with Crippen molar-refractivity contribution in [2.45, 2.75) is 57.6 Å². The maximum absolute atomic E-state index is 14.4. The van der Waals surface area contributed by atoms with E-state index in [1.807, 2.05) is 19.9 Å². The Morgan fingerprint density at radius 3 is 2.55 bits per heavy atom. The minimum atomic E-state index is -1.11. The number of hydrogen-bond acceptors (Lipinski definition) is 6. The Kier molecular flexibility index (Phi) is 5.92. The topological polar surface area (TPSA) is 102 Å². The number of amides is 2. The molecule has 8 nitrogen and oxygen atoms in total. The number of carbonyl (C=O) groups is 2. The normalized spacial score (nSPS) is 21.8. The molecule has 2 atom stereocenters. The van der Waals surface area contributed by atoms with E-state index in [0.29, 0.717) is 17.8 Å². The molecule has 2 aliphatic heterocycles. The molecule has 3 heterocycles. The van der Waals surface area contributed by atoms with Gasteiger partial charge in [-0.25, -0.2) is 13.6 Å². The Morgan fingerprint density at radius 2 is 1.92 bits per heavy atom. The molecule has 2 amide bonds. The predicted molar refractivity (Wildman–Crippen MR) is 136 cm³/mol. The number of nitrogens with zero attached hydrogens (tertiary/aromatic N) is 2. The Morgan fingerprint density at radius 1 is 1.16 bits per heavy atom. The molecule has 0 radical (unpaired) electrons. The second-order valence-electron chi connectivity index (χ2n) is 10.6. The second-order valence-corrected chi connectivity index (χ2v) is 10.6. The van der Waals surface area contributed by atoms with Gasteiger partial charge in [-0.1, -0.05) is 0 Å². The van der Waals surface area contributed by atoms with E-state index >= 15 is 0 Å². The van der Waals surface area contributed by atoms with Crippen molar-refractivity contribution in [3.63, 3.8) is 0 Å². The van der Waals surface area contributed by atoms with Crippen molar-refractivity contribution in [2.75, 3.05) is 18.5 Å². The molecule has 2 N–H and O–H groups in total. The average molecular weight is 523 g/mol. The highest BCUT2D eigenvalue weighted by Crippen LogP contribution is 2.61. The van der Waals surface area contributed by atoms with Crippen LogP contribution in [0.2, 0.25) is 0 Å². The van der Waals surface area contributed by atoms with Crippen LogP contribution < -0.4 is 15.4 Å². The van der Waals surface area contributed by atoms with Crippen molar-refractivity contribution < 1.29 is 27.8 Å². The number of aromatic nitrogens is 1. The molecule has 198 valence electrons. The Balaban J connectivity index is 1.30. The predicted octanol–water partition coefficient (Wildman–Crippen LogP) is 4.76. The second kappa shape index (κ2) is 9.18. The van der Waals surface area contributed by atoms with Gasteiger partial charge in [-0.3, -0.25) is 14.8 Å². The summed E-state index contributed by atoms with van der Waals surface area (Å²) in [7, 11) is 0. The van der Waals surface area contributed by atoms with E-state index in [0.717, 1.165) is 60.4 Å². The van der Waals surface area contributed by atoms with Crippen LogP contribution in [0.15, 0.2) is 41.0 Å². The zero-order valence-electron chi connectivity index (χ0n) is 21.1. The van der Waals surface area contributed by atoms with Crippen LogP contribution in [-0.2, 0) is 9.53 Å². The first-order chi connectivity index (χ1) is 18.2. The van der Waals surface area contributed by atoms with Crippen LogP contribution in [0.5, 0.6) is 5.75 Å². The van der Waals surface area contributed by atoms with Gasteiger partial charge in [0, 0.05) is 34.2 Å². The number of fused-ring (bicyclic) bond motifs is 1. The van der Waals surface area contributed by atoms with E-state index in [9.17, 15) is 18.4 Å². The van der Waals surface area contributed by atoms with Crippen molar-refractivity contribution >= 4 is 29.0 Å². The van der Waals surface area contributed by atoms with Gasteiger partial charge in [-0.05, 0) is 63.3 Å². The third kappa shape index (κ3) is 4.52. The molecule has 0 saturated heterocycles. The molecule has 2 fully saturated rings. The molecule has 6 rings (SSSR count). The number of nitrogens with one attached hydrogen (secondary N) is 2. The number of allylic oxidation sites excluding steroid dienone is 1. The first kappa shape index (κ1) is 24.5. The van der Waals surface area contributed by atoms with E-state index in [2.05, 4.69) is 20.6 Å². The van der Waals surface area contributed by atoms with Crippen LogP contribution in [0.3, 0.4) is 0 Å². The lowest BCUT2D eigenvalue weighted by Crippen LogP contribution is -2.52. The zero-order chi connectivity index (χ0) is 26.6. The number of alkyl carbamates (subject to hydrolysis) is 1. The van der Waals surface area contributed by atoms with E-state index in [4.69, 9.17) is 9.47 Å². The average Bonchev–Trinajstić information content (AvgIpc) is 3.81. The summed E-state index contributed by atoms with van der Waals surface area (Å²) in [5, 5.41) is 5.58. The molecular weight excluding hydrogens is 494 g/mol. The van der Waals surface area contributed by atoms with Crippen LogP contribution in [0.25, 0.3) is 5.57 Å². The number of ether oxygens (including phenoxy) is 2. The van der Waals surface area contributed by atoms with E-state index in [-0.39, 0.29) is 18.5 Å². The maximum atomic E-state index is 14.4. The van der Waals surface area contributed by atoms with Crippen molar-refractivity contribution in [3.05, 3.63) is 58.9 Å². The highest BCUT2D eigenvalue weighted by Gasteiger charge is 2.58. The van der Waals surface area contributed by atoms with Gasteiger partial charge >= 0.3 is 6.09 Å². The van der Waals surface area contributed by atoms with Gasteiger partial charge in [0.05, 0.1) is 30.7 Å². The molecule has 2 aromatic rings. The molecule has 1 unspecified atom stereocenters. The maximum Gasteiger partial charge on any atom is 0.408 e. The molecule has 4 aliphatic rings. The van der Waals surface area contributed by atoms with Gasteiger partial charge in [-0.15, -0.1) is 0 Å². The van der Waals surface area contributed by atoms with Crippen molar-refractivity contribution in [3.8, 4) is 5.75 Å². The number of anilines is 1. The Labute approximate surface area is 218 Å². The first-order valence-corrected chi connectivity index (χ1v) is 12.8. The van der Waals surface area contributed by atoms with Crippen LogP contribution >= 0.6 is 0 Å². The largest absolute Gasteiger partial charge is 0.493 e. The fourth-order valence-corrected chi connectivity index (χ4v) is 5.44. The van der Waals surface area contributed by atoms with Crippen molar-refractivity contribution in [1.82, 2.24) is 10.3 Å². The molecule has 38 heavy (non-hydrogen) atoms. The summed E-state index contributed by atoms with van der Waals surface area (Å²) < 4.78 is 39.5. The highest BCUT2D eigenvalue weighted by molar-refractivity contribution is 6.24. The molecule has 0 bridgehead atoms. The molecule has 10 heteroatoms. The summed E-state index contributed by atoms with van der Waals surface area (Å²) in [6.45, 7) is 4.83. The lowest BCUT2D eigenvalue weighted by molar-refractivity contribution is -0.119. The number of aliphatic imine (C=N–C) groups is 1. The number of halogens is 2. The van der Waals surface area contributed by atoms with Crippen LogP contribution in [0, 0.1) is 17.0 Å². The highest BCUT2D eigenvalue weighted by atomic mass is 19.2. The fraction of sp³-hybridized carbons (Fsp3) is 0.429. The SMILES string of the molecule is CC1=NCC(C)=C1c1ccc(NC(=O)[C@@H](NC(=O)OC2CC2)C2c3cc(F)c(F)cc3OCC23CC3)cn1. The molecule has 2 aliphatic carbocycles. The van der Waals surface area contributed by atoms with Gasteiger partial charge in [0.1, 0.15) is 17.9 Å². The van der Waals surface area contributed by atoms with Gasteiger partial charge in [0.25, 0.3) is 0 Å². The van der Waals surface area contributed by atoms with Crippen LogP contribution in [0.4, 0.5) is 19.3 Å². The van der Waals surface area contributed by atoms with Gasteiger partial charge in [0.15, 0.2) is 11.6 Å². The zero-order valence-corrected chi connectivity index (χ0v) is 21.1. The number of rotatable bonds is 6. The smallest absolute Gasteiger partial charge is 0.408 e. The number of hydrogen-bond donors (Lipinski definition) is 2. The molecular formula is C28H28F2N4O4. The molecule has 1 spiro atoms. The lowest BCUT2D eigenvalue weighted by atomic mass is 9.76. The third-order valence-corrected chi connectivity index (χ3v) is 7.77. The van der Waals surface area contributed by atoms with Gasteiger partial charge in [0.2, 0.25) is 5.91 Å². The summed E-state index contributed by atoms with van der Waals surface area (Å²) in [5.41, 5.74) is 4.12. The molecule has 1 aromatic carbocycles. The summed E-state index contributed by atoms with van der Waals surface area (Å²) in [5.74, 6) is -3.04. The molecule has 2 saturated carbocycles. The van der Waals surface area contributed by atoms with Crippen molar-refractivity contribution in [1.29, 1.82) is 0 Å². The van der Waals surface area contributed by atoms with Gasteiger partial charge in [-0.2, -0.15) is 0 Å². The van der Waals surface area contributed by atoms with E-state index < -0.39 is 41.0 Å². The van der Waals surface area contributed by atoms with Crippen molar-refractivity contribution in [2.24, 2.45) is 10.4 Å². The minimum absolute atomic E-state index is 0.167. The van der Waals surface area contributed by atoms with E-state index in [1.54, 1.807) is 12.3 Å². The monoisotopic (exact) mass is 522 g/mol. The van der Waals surface area contributed by atoms with Crippen LogP contribution in [-0.4, -0.2) is 48.0 Å².